The number of allylic oxidation sites excluding steroid dienone is 1. The van der Waals surface area contributed by atoms with Crippen molar-refractivity contribution in [3.63, 3.8) is 0 Å². The van der Waals surface area contributed by atoms with Gasteiger partial charge in [0.2, 0.25) is 11.8 Å². The van der Waals surface area contributed by atoms with E-state index in [9.17, 15) is 24.3 Å². The number of fused-ring (bicyclic) bond motifs is 1. The minimum Gasteiger partial charge on any atom is -0.455 e. The number of alkyl halides is 1. The Hall–Kier alpha value is -3.80. The van der Waals surface area contributed by atoms with Crippen LogP contribution in [0.3, 0.4) is 0 Å². The quantitative estimate of drug-likeness (QED) is 0.154. The van der Waals surface area contributed by atoms with E-state index in [2.05, 4.69) is 29.1 Å². The second-order valence-electron chi connectivity index (χ2n) is 13.6. The number of likely N-dealkylation sites (N-methyl/N-ethyl adjacent to an activating group) is 1. The van der Waals surface area contributed by atoms with Gasteiger partial charge in [-0.2, -0.15) is 0 Å². The number of hydrogen-bond acceptors (Lipinski definition) is 7. The molecule has 0 radical (unpaired) electrons. The molecule has 3 aliphatic rings. The van der Waals surface area contributed by atoms with Crippen molar-refractivity contribution < 1.29 is 33.8 Å². The molecule has 1 N–H and O–H groups in total. The van der Waals surface area contributed by atoms with Crippen molar-refractivity contribution >= 4 is 45.3 Å². The Kier molecular flexibility index (Phi) is 11.7. The maximum absolute atomic E-state index is 14.9. The maximum Gasteiger partial charge on any atom is 0.313 e. The highest BCUT2D eigenvalue weighted by Crippen LogP contribution is 2.60. The SMILES string of the molecule is C=CCCC(=O)N(C)[C@H](C)[C@H](OC(=O)[C@H]1[C@@H]2O[C@@]3(CC2Br)[C@@H]1C(=O)N(CCCO)[C@@H]3C(=O)N(CC=C)c1cc(C)ccc1C)c1ccccc1. The molecule has 1 spiro atoms. The third kappa shape index (κ3) is 6.79. The summed E-state index contributed by atoms with van der Waals surface area (Å²) in [5.41, 5.74) is 1.95. The van der Waals surface area contributed by atoms with Crippen molar-refractivity contribution in [3.05, 3.63) is 90.5 Å². The highest BCUT2D eigenvalue weighted by molar-refractivity contribution is 9.09. The molecule has 3 aliphatic heterocycles. The fourth-order valence-electron chi connectivity index (χ4n) is 7.88. The van der Waals surface area contributed by atoms with Crippen LogP contribution in [0.2, 0.25) is 0 Å². The molecule has 268 valence electrons. The number of aliphatic hydroxyl groups is 1. The number of ether oxygens (including phenoxy) is 2. The number of benzene rings is 2. The number of carbonyl (C=O) groups excluding carboxylic acids is 4. The van der Waals surface area contributed by atoms with Crippen molar-refractivity contribution in [2.24, 2.45) is 11.8 Å². The number of esters is 1. The number of amides is 3. The van der Waals surface area contributed by atoms with Gasteiger partial charge in [0, 0.05) is 43.7 Å². The molecule has 11 heteroatoms. The summed E-state index contributed by atoms with van der Waals surface area (Å²) < 4.78 is 13.1. The molecule has 8 atom stereocenters. The highest BCUT2D eigenvalue weighted by Gasteiger charge is 2.77. The van der Waals surface area contributed by atoms with Gasteiger partial charge in [0.15, 0.2) is 0 Å². The van der Waals surface area contributed by atoms with E-state index >= 15 is 0 Å². The largest absolute Gasteiger partial charge is 0.455 e. The summed E-state index contributed by atoms with van der Waals surface area (Å²) >= 11 is 3.74. The van der Waals surface area contributed by atoms with Crippen LogP contribution in [0.4, 0.5) is 5.69 Å². The van der Waals surface area contributed by atoms with Gasteiger partial charge in [-0.3, -0.25) is 19.2 Å². The van der Waals surface area contributed by atoms with Crippen LogP contribution in [0.5, 0.6) is 0 Å². The van der Waals surface area contributed by atoms with E-state index in [-0.39, 0.29) is 55.1 Å². The predicted octanol–water partition coefficient (Wildman–Crippen LogP) is 5.05. The highest BCUT2D eigenvalue weighted by atomic mass is 79.9. The third-order valence-corrected chi connectivity index (χ3v) is 11.3. The molecular formula is C39H48BrN3O7. The van der Waals surface area contributed by atoms with E-state index in [0.29, 0.717) is 24.1 Å². The van der Waals surface area contributed by atoms with Crippen LogP contribution in [-0.4, -0.2) is 94.0 Å². The fourth-order valence-corrected chi connectivity index (χ4v) is 8.82. The van der Waals surface area contributed by atoms with Crippen molar-refractivity contribution in [1.29, 1.82) is 0 Å². The lowest BCUT2D eigenvalue weighted by molar-refractivity contribution is -0.164. The Morgan fingerprint density at radius 3 is 2.54 bits per heavy atom. The number of nitrogens with zero attached hydrogens (tertiary/aromatic N) is 3. The van der Waals surface area contributed by atoms with E-state index in [0.717, 1.165) is 11.1 Å². The molecule has 5 rings (SSSR count). The monoisotopic (exact) mass is 749 g/mol. The van der Waals surface area contributed by atoms with Crippen LogP contribution in [0.25, 0.3) is 0 Å². The minimum absolute atomic E-state index is 0.114. The molecule has 2 aromatic rings. The molecule has 50 heavy (non-hydrogen) atoms. The first-order valence-corrected chi connectivity index (χ1v) is 18.2. The summed E-state index contributed by atoms with van der Waals surface area (Å²) in [4.78, 5) is 61.3. The zero-order valence-corrected chi connectivity index (χ0v) is 30.9. The number of rotatable bonds is 15. The van der Waals surface area contributed by atoms with Gasteiger partial charge >= 0.3 is 5.97 Å². The van der Waals surface area contributed by atoms with Crippen LogP contribution in [0, 0.1) is 25.7 Å². The second-order valence-corrected chi connectivity index (χ2v) is 14.8. The van der Waals surface area contributed by atoms with Gasteiger partial charge in [-0.05, 0) is 62.8 Å². The lowest BCUT2D eigenvalue weighted by Gasteiger charge is -2.37. The number of aliphatic hydroxyl groups excluding tert-OH is 1. The normalized spacial score (nSPS) is 26.2. The topological polar surface area (TPSA) is 117 Å². The van der Waals surface area contributed by atoms with E-state index in [1.54, 1.807) is 29.0 Å². The van der Waals surface area contributed by atoms with Crippen molar-refractivity contribution in [2.75, 3.05) is 31.6 Å². The molecule has 3 amide bonds. The van der Waals surface area contributed by atoms with Gasteiger partial charge in [0.1, 0.15) is 17.7 Å². The summed E-state index contributed by atoms with van der Waals surface area (Å²) in [5, 5.41) is 9.79. The lowest BCUT2D eigenvalue weighted by atomic mass is 9.70. The molecular weight excluding hydrogens is 702 g/mol. The standard InChI is InChI=1S/C39H48BrN3O7/c1-7-9-16-30(45)41(6)26(5)33(27-14-11-10-12-15-27)49-38(48)31-32-36(46)43(20-13-21-44)35(39(32)23-28(40)34(31)50-39)37(47)42(19-8-2)29-22-24(3)17-18-25(29)4/h7-8,10-12,14-15,17-18,22,26,28,31-35,44H,1-2,9,13,16,19-21,23H2,3-6H3/t26-,28?,31-,32+,33+,34-,35-,39+/m1/s1. The Labute approximate surface area is 303 Å². The fraction of sp³-hybridized carbons (Fsp3) is 0.487. The Bertz CT molecular complexity index is 1620. The van der Waals surface area contributed by atoms with E-state index < -0.39 is 47.7 Å². The number of anilines is 1. The van der Waals surface area contributed by atoms with Gasteiger partial charge < -0.3 is 29.3 Å². The summed E-state index contributed by atoms with van der Waals surface area (Å²) in [5.74, 6) is -3.44. The molecule has 1 unspecified atom stereocenters. The molecule has 0 aliphatic carbocycles. The summed E-state index contributed by atoms with van der Waals surface area (Å²) in [7, 11) is 1.69. The third-order valence-electron chi connectivity index (χ3n) is 10.5. The Morgan fingerprint density at radius 1 is 1.16 bits per heavy atom. The Balaban J connectivity index is 1.52. The lowest BCUT2D eigenvalue weighted by Crippen LogP contribution is -2.57. The maximum atomic E-state index is 14.9. The van der Waals surface area contributed by atoms with Gasteiger partial charge in [-0.1, -0.05) is 70.5 Å². The van der Waals surface area contributed by atoms with Crippen LogP contribution in [0.15, 0.2) is 73.8 Å². The first kappa shape index (κ1) is 37.5. The van der Waals surface area contributed by atoms with E-state index in [1.165, 1.54) is 4.90 Å². The average Bonchev–Trinajstić information content (AvgIpc) is 3.70. The molecule has 0 aromatic heterocycles. The van der Waals surface area contributed by atoms with Crippen molar-refractivity contribution in [3.8, 4) is 0 Å². The predicted molar refractivity (Wildman–Crippen MR) is 195 cm³/mol. The number of hydrogen-bond donors (Lipinski definition) is 1. The molecule has 10 nitrogen and oxygen atoms in total. The molecule has 3 fully saturated rings. The molecule has 3 saturated heterocycles. The van der Waals surface area contributed by atoms with Crippen LogP contribution in [-0.2, 0) is 28.7 Å². The molecule has 2 bridgehead atoms. The summed E-state index contributed by atoms with van der Waals surface area (Å²) in [6.07, 6.45) is 3.14. The molecule has 3 heterocycles. The van der Waals surface area contributed by atoms with Gasteiger partial charge in [0.05, 0.1) is 24.0 Å². The van der Waals surface area contributed by atoms with Gasteiger partial charge in [-0.25, -0.2) is 0 Å². The first-order chi connectivity index (χ1) is 23.9. The van der Waals surface area contributed by atoms with Gasteiger partial charge in [-0.15, -0.1) is 13.2 Å². The Morgan fingerprint density at radius 2 is 1.88 bits per heavy atom. The number of likely N-dealkylation sites (tertiary alicyclic amines) is 1. The van der Waals surface area contributed by atoms with E-state index in [4.69, 9.17) is 9.47 Å². The van der Waals surface area contributed by atoms with Crippen LogP contribution >= 0.6 is 15.9 Å². The smallest absolute Gasteiger partial charge is 0.313 e. The van der Waals surface area contributed by atoms with Crippen LogP contribution < -0.4 is 4.90 Å². The zero-order chi connectivity index (χ0) is 36.3. The average molecular weight is 751 g/mol. The van der Waals surface area contributed by atoms with Gasteiger partial charge in [0.25, 0.3) is 5.91 Å². The van der Waals surface area contributed by atoms with Crippen molar-refractivity contribution in [1.82, 2.24) is 9.80 Å². The zero-order valence-electron chi connectivity index (χ0n) is 29.3. The van der Waals surface area contributed by atoms with Crippen molar-refractivity contribution in [2.45, 2.75) is 81.2 Å². The summed E-state index contributed by atoms with van der Waals surface area (Å²) in [6.45, 7) is 13.5. The van der Waals surface area contributed by atoms with E-state index in [1.807, 2.05) is 69.3 Å². The minimum atomic E-state index is -1.31. The number of aryl methyl sites for hydroxylation is 2. The van der Waals surface area contributed by atoms with Crippen LogP contribution in [0.1, 0.15) is 55.4 Å². The molecule has 2 aromatic carbocycles. The first-order valence-electron chi connectivity index (χ1n) is 17.3. The molecule has 0 saturated carbocycles. The second kappa shape index (κ2) is 15.6. The number of carbonyl (C=O) groups is 4. The summed E-state index contributed by atoms with van der Waals surface area (Å²) in [6, 6.07) is 13.5. The number of halogens is 1.